The van der Waals surface area contributed by atoms with Crippen LogP contribution in [0.15, 0.2) is 48.5 Å². The second-order valence-electron chi connectivity index (χ2n) is 5.78. The minimum absolute atomic E-state index is 0.120. The fourth-order valence-corrected chi connectivity index (χ4v) is 2.23. The summed E-state index contributed by atoms with van der Waals surface area (Å²) in [5.41, 5.74) is 6.45. The summed E-state index contributed by atoms with van der Waals surface area (Å²) in [6.07, 6.45) is -0.637. The van der Waals surface area contributed by atoms with Crippen LogP contribution in [-0.2, 0) is 4.79 Å². The van der Waals surface area contributed by atoms with Crippen molar-refractivity contribution in [3.63, 3.8) is 0 Å². The van der Waals surface area contributed by atoms with Crippen molar-refractivity contribution in [2.45, 2.75) is 19.4 Å². The number of amides is 3. The van der Waals surface area contributed by atoms with Gasteiger partial charge in [0, 0.05) is 16.8 Å². The normalized spacial score (nSPS) is 11.2. The van der Waals surface area contributed by atoms with Crippen molar-refractivity contribution in [2.75, 3.05) is 5.32 Å². The van der Waals surface area contributed by atoms with Crippen molar-refractivity contribution in [3.05, 3.63) is 59.7 Å². The highest BCUT2D eigenvalue weighted by Gasteiger charge is 2.16. The Hall–Kier alpha value is -3.88. The molecule has 0 fully saturated rings. The zero-order valence-electron chi connectivity index (χ0n) is 15.1. The Labute approximate surface area is 161 Å². The third-order valence-electron chi connectivity index (χ3n) is 3.72. The summed E-state index contributed by atoms with van der Waals surface area (Å²) in [7, 11) is 0. The Morgan fingerprint density at radius 2 is 1.64 bits per heavy atom. The van der Waals surface area contributed by atoms with Crippen LogP contribution < -0.4 is 21.1 Å². The van der Waals surface area contributed by atoms with E-state index in [9.17, 15) is 14.4 Å². The van der Waals surface area contributed by atoms with E-state index in [1.807, 2.05) is 0 Å². The Kier molecular flexibility index (Phi) is 6.69. The van der Waals surface area contributed by atoms with Crippen LogP contribution >= 0.6 is 0 Å². The summed E-state index contributed by atoms with van der Waals surface area (Å²) in [5, 5.41) is 21.0. The fourth-order valence-electron chi connectivity index (χ4n) is 2.23. The van der Waals surface area contributed by atoms with Crippen molar-refractivity contribution in [2.24, 2.45) is 5.73 Å². The molecule has 2 aromatic rings. The van der Waals surface area contributed by atoms with Gasteiger partial charge in [-0.1, -0.05) is 19.1 Å². The van der Waals surface area contributed by atoms with E-state index < -0.39 is 24.0 Å². The van der Waals surface area contributed by atoms with Crippen LogP contribution in [0.2, 0.25) is 0 Å². The molecule has 2 rings (SSSR count). The van der Waals surface area contributed by atoms with E-state index in [-0.39, 0.29) is 11.4 Å². The Bertz CT molecular complexity index is 878. The smallest absolute Gasteiger partial charge is 0.344 e. The van der Waals surface area contributed by atoms with E-state index in [2.05, 4.69) is 10.6 Å². The number of carboxylic acid groups (broad SMARTS) is 1. The van der Waals surface area contributed by atoms with Crippen molar-refractivity contribution in [3.8, 4) is 5.75 Å². The number of aliphatic carboxylic acids is 1. The van der Waals surface area contributed by atoms with Gasteiger partial charge in [0.15, 0.2) is 6.10 Å². The molecular weight excluding hydrogens is 364 g/mol. The number of urea groups is 1. The molecule has 0 saturated heterocycles. The van der Waals surface area contributed by atoms with Crippen LogP contribution in [0.1, 0.15) is 29.3 Å². The van der Waals surface area contributed by atoms with Gasteiger partial charge in [0.05, 0.1) is 0 Å². The highest BCUT2D eigenvalue weighted by molar-refractivity contribution is 6.08. The Morgan fingerprint density at radius 3 is 2.14 bits per heavy atom. The van der Waals surface area contributed by atoms with Crippen LogP contribution in [0.5, 0.6) is 5.75 Å². The van der Waals surface area contributed by atoms with Gasteiger partial charge in [-0.15, -0.1) is 0 Å². The third kappa shape index (κ3) is 5.56. The monoisotopic (exact) mass is 384 g/mol. The molecule has 0 heterocycles. The van der Waals surface area contributed by atoms with Crippen LogP contribution in [-0.4, -0.2) is 35.0 Å². The predicted molar refractivity (Wildman–Crippen MR) is 103 cm³/mol. The lowest BCUT2D eigenvalue weighted by molar-refractivity contribution is -0.145. The van der Waals surface area contributed by atoms with Gasteiger partial charge < -0.3 is 20.9 Å². The van der Waals surface area contributed by atoms with Gasteiger partial charge in [-0.2, -0.15) is 0 Å². The van der Waals surface area contributed by atoms with E-state index in [1.165, 1.54) is 48.5 Å². The van der Waals surface area contributed by atoms with Gasteiger partial charge in [-0.3, -0.25) is 15.5 Å². The minimum atomic E-state index is -1.06. The van der Waals surface area contributed by atoms with E-state index >= 15 is 0 Å². The number of rotatable bonds is 7. The van der Waals surface area contributed by atoms with E-state index in [0.29, 0.717) is 23.4 Å². The second-order valence-corrected chi connectivity index (χ2v) is 5.78. The van der Waals surface area contributed by atoms with Crippen molar-refractivity contribution >= 4 is 29.4 Å². The zero-order valence-corrected chi connectivity index (χ0v) is 15.1. The summed E-state index contributed by atoms with van der Waals surface area (Å²) >= 11 is 0. The molecule has 3 amide bonds. The highest BCUT2D eigenvalue weighted by atomic mass is 16.5. The van der Waals surface area contributed by atoms with Crippen molar-refractivity contribution < 1.29 is 24.2 Å². The molecule has 0 aromatic heterocycles. The standard InChI is InChI=1S/C19H20N4O5/c1-2-15(18(25)26)28-14-9-7-13(8-10-14)22-19(27)23-17(24)12-5-3-11(4-6-12)16(20)21/h3-10,15H,2H2,1H3,(H3,20,21)(H,25,26)(H2,22,23,24,27). The van der Waals surface area contributed by atoms with E-state index in [1.54, 1.807) is 6.92 Å². The average Bonchev–Trinajstić information content (AvgIpc) is 2.67. The van der Waals surface area contributed by atoms with E-state index in [0.717, 1.165) is 0 Å². The third-order valence-corrected chi connectivity index (χ3v) is 3.72. The quantitative estimate of drug-likeness (QED) is 0.364. The van der Waals surface area contributed by atoms with Gasteiger partial charge in [-0.25, -0.2) is 9.59 Å². The van der Waals surface area contributed by atoms with Crippen LogP contribution in [0, 0.1) is 5.41 Å². The molecule has 0 aliphatic rings. The summed E-state index contributed by atoms with van der Waals surface area (Å²) in [5.74, 6) is -1.44. The maximum absolute atomic E-state index is 12.1. The molecule has 0 aliphatic heterocycles. The summed E-state index contributed by atoms with van der Waals surface area (Å²) in [4.78, 5) is 35.0. The molecule has 146 valence electrons. The molecule has 0 radical (unpaired) electrons. The lowest BCUT2D eigenvalue weighted by Gasteiger charge is -2.13. The first-order valence-corrected chi connectivity index (χ1v) is 8.36. The first kappa shape index (κ1) is 20.4. The summed E-state index contributed by atoms with van der Waals surface area (Å²) in [6.45, 7) is 1.70. The SMILES string of the molecule is CCC(Oc1ccc(NC(=O)NC(=O)c2ccc(C(=N)N)cc2)cc1)C(=O)O. The number of carbonyl (C=O) groups excluding carboxylic acids is 2. The number of hydrogen-bond acceptors (Lipinski definition) is 5. The zero-order chi connectivity index (χ0) is 20.7. The largest absolute Gasteiger partial charge is 0.479 e. The number of carboxylic acids is 1. The molecule has 2 aromatic carbocycles. The van der Waals surface area contributed by atoms with Gasteiger partial charge in [0.2, 0.25) is 0 Å². The maximum atomic E-state index is 12.1. The molecule has 1 unspecified atom stereocenters. The molecule has 6 N–H and O–H groups in total. The summed E-state index contributed by atoms with van der Waals surface area (Å²) < 4.78 is 5.33. The van der Waals surface area contributed by atoms with Crippen LogP contribution in [0.25, 0.3) is 0 Å². The molecule has 28 heavy (non-hydrogen) atoms. The molecule has 9 heteroatoms. The van der Waals surface area contributed by atoms with Gasteiger partial charge in [0.1, 0.15) is 11.6 Å². The first-order valence-electron chi connectivity index (χ1n) is 8.36. The van der Waals surface area contributed by atoms with Gasteiger partial charge in [-0.05, 0) is 42.8 Å². The molecule has 0 bridgehead atoms. The number of nitrogen functional groups attached to an aromatic ring is 1. The van der Waals surface area contributed by atoms with Crippen molar-refractivity contribution in [1.82, 2.24) is 5.32 Å². The minimum Gasteiger partial charge on any atom is -0.479 e. The van der Waals surface area contributed by atoms with Crippen molar-refractivity contribution in [1.29, 1.82) is 5.41 Å². The molecule has 0 spiro atoms. The number of imide groups is 1. The second kappa shape index (κ2) is 9.17. The molecular formula is C19H20N4O5. The Morgan fingerprint density at radius 1 is 1.07 bits per heavy atom. The van der Waals surface area contributed by atoms with Gasteiger partial charge in [0.25, 0.3) is 5.91 Å². The van der Waals surface area contributed by atoms with Crippen LogP contribution in [0.4, 0.5) is 10.5 Å². The molecule has 0 saturated carbocycles. The number of anilines is 1. The number of nitrogens with two attached hydrogens (primary N) is 1. The molecule has 0 aliphatic carbocycles. The lowest BCUT2D eigenvalue weighted by Crippen LogP contribution is -2.34. The number of carbonyl (C=O) groups is 3. The fraction of sp³-hybridized carbons (Fsp3) is 0.158. The molecule has 9 nitrogen and oxygen atoms in total. The van der Waals surface area contributed by atoms with Gasteiger partial charge >= 0.3 is 12.0 Å². The first-order chi connectivity index (χ1) is 13.3. The predicted octanol–water partition coefficient (Wildman–Crippen LogP) is 2.17. The number of hydrogen-bond donors (Lipinski definition) is 5. The topological polar surface area (TPSA) is 155 Å². The van der Waals surface area contributed by atoms with Crippen LogP contribution in [0.3, 0.4) is 0 Å². The average molecular weight is 384 g/mol. The number of ether oxygens (including phenoxy) is 1. The van der Waals surface area contributed by atoms with E-state index in [4.69, 9.17) is 21.0 Å². The number of benzene rings is 2. The highest BCUT2D eigenvalue weighted by Crippen LogP contribution is 2.18. The number of nitrogens with one attached hydrogen (secondary N) is 3. The molecule has 1 atom stereocenters. The lowest BCUT2D eigenvalue weighted by atomic mass is 10.1. The Balaban J connectivity index is 1.92. The summed E-state index contributed by atoms with van der Waals surface area (Å²) in [6, 6.07) is 11.3. The number of amidine groups is 1. The maximum Gasteiger partial charge on any atom is 0.344 e.